The molecule has 6 heteroatoms. The van der Waals surface area contributed by atoms with Gasteiger partial charge in [0.25, 0.3) is 0 Å². The number of hydrogen-bond donors (Lipinski definition) is 0. The van der Waals surface area contributed by atoms with Crippen LogP contribution < -0.4 is 9.47 Å². The lowest BCUT2D eigenvalue weighted by molar-refractivity contribution is -0.152. The number of hydrogen-bond acceptors (Lipinski definition) is 4. The van der Waals surface area contributed by atoms with Crippen LogP contribution in [0.25, 0.3) is 0 Å². The lowest BCUT2D eigenvalue weighted by Crippen LogP contribution is -2.26. The fourth-order valence-corrected chi connectivity index (χ4v) is 2.18. The fraction of sp³-hybridized carbons (Fsp3) is 0.235. The molecule has 0 radical (unpaired) electrons. The fourth-order valence-electron chi connectivity index (χ4n) is 1.85. The molecule has 0 saturated heterocycles. The zero-order valence-corrected chi connectivity index (χ0v) is 14.2. The highest BCUT2D eigenvalue weighted by atomic mass is 35.5. The summed E-state index contributed by atoms with van der Waals surface area (Å²) in [6.07, 6.45) is -0.809. The number of halogens is 2. The van der Waals surface area contributed by atoms with Crippen LogP contribution in [-0.4, -0.2) is 19.2 Å². The van der Waals surface area contributed by atoms with E-state index in [0.29, 0.717) is 16.5 Å². The Morgan fingerprint density at radius 3 is 2.65 bits per heavy atom. The van der Waals surface area contributed by atoms with E-state index in [1.54, 1.807) is 38.3 Å². The van der Waals surface area contributed by atoms with Gasteiger partial charge in [0.15, 0.2) is 6.10 Å². The second-order valence-corrected chi connectivity index (χ2v) is 5.56. The molecule has 1 unspecified atom stereocenters. The maximum absolute atomic E-state index is 12.0. The minimum Gasteiger partial charge on any atom is -0.497 e. The number of esters is 1. The van der Waals surface area contributed by atoms with Crippen molar-refractivity contribution < 1.29 is 19.0 Å². The van der Waals surface area contributed by atoms with Gasteiger partial charge in [0, 0.05) is 0 Å². The zero-order valence-electron chi connectivity index (χ0n) is 12.7. The minimum atomic E-state index is -0.809. The smallest absolute Gasteiger partial charge is 0.347 e. The summed E-state index contributed by atoms with van der Waals surface area (Å²) in [5.74, 6) is 0.544. The zero-order chi connectivity index (χ0) is 16.8. The van der Waals surface area contributed by atoms with Gasteiger partial charge in [-0.1, -0.05) is 41.4 Å². The standard InChI is InChI=1S/C17H16Cl2O4/c1-11(23-15-8-4-7-14(18)16(15)19)17(20)22-10-12-5-3-6-13(9-12)21-2/h3-9,11H,10H2,1-2H3. The first kappa shape index (κ1) is 17.4. The second kappa shape index (κ2) is 8.09. The van der Waals surface area contributed by atoms with E-state index in [0.717, 1.165) is 5.56 Å². The van der Waals surface area contributed by atoms with Crippen LogP contribution in [0.15, 0.2) is 42.5 Å². The minimum absolute atomic E-state index is 0.132. The Labute approximate surface area is 144 Å². The summed E-state index contributed by atoms with van der Waals surface area (Å²) in [4.78, 5) is 12.0. The molecule has 0 aliphatic rings. The van der Waals surface area contributed by atoms with E-state index in [1.165, 1.54) is 0 Å². The van der Waals surface area contributed by atoms with E-state index >= 15 is 0 Å². The summed E-state index contributed by atoms with van der Waals surface area (Å²) in [6, 6.07) is 12.3. The molecule has 4 nitrogen and oxygen atoms in total. The molecule has 0 aromatic heterocycles. The van der Waals surface area contributed by atoms with Crippen LogP contribution in [0.5, 0.6) is 11.5 Å². The molecule has 0 spiro atoms. The van der Waals surface area contributed by atoms with Gasteiger partial charge in [-0.25, -0.2) is 4.79 Å². The normalized spacial score (nSPS) is 11.7. The summed E-state index contributed by atoms with van der Waals surface area (Å²) in [6.45, 7) is 1.72. The molecule has 2 aromatic carbocycles. The van der Waals surface area contributed by atoms with Crippen molar-refractivity contribution in [1.82, 2.24) is 0 Å². The predicted octanol–water partition coefficient (Wildman–Crippen LogP) is 4.51. The maximum atomic E-state index is 12.0. The van der Waals surface area contributed by atoms with Crippen LogP contribution in [0, 0.1) is 0 Å². The highest BCUT2D eigenvalue weighted by Gasteiger charge is 2.18. The number of carbonyl (C=O) groups excluding carboxylic acids is 1. The molecule has 0 bridgehead atoms. The first-order valence-corrected chi connectivity index (χ1v) is 7.67. The first-order valence-electron chi connectivity index (χ1n) is 6.91. The third-order valence-corrected chi connectivity index (χ3v) is 3.87. The van der Waals surface area contributed by atoms with Gasteiger partial charge >= 0.3 is 5.97 Å². The molecular formula is C17H16Cl2O4. The Kier molecular flexibility index (Phi) is 6.13. The number of benzene rings is 2. The number of carbonyl (C=O) groups is 1. The van der Waals surface area contributed by atoms with Crippen LogP contribution in [0.2, 0.25) is 10.0 Å². The summed E-state index contributed by atoms with van der Waals surface area (Å²) in [5, 5.41) is 0.628. The summed E-state index contributed by atoms with van der Waals surface area (Å²) >= 11 is 11.9. The molecule has 0 fully saturated rings. The van der Waals surface area contributed by atoms with Gasteiger partial charge in [-0.3, -0.25) is 0 Å². The molecule has 2 rings (SSSR count). The number of rotatable bonds is 6. The molecule has 0 saturated carbocycles. The van der Waals surface area contributed by atoms with Crippen LogP contribution in [0.3, 0.4) is 0 Å². The van der Waals surface area contributed by atoms with Crippen molar-refractivity contribution in [3.8, 4) is 11.5 Å². The van der Waals surface area contributed by atoms with Gasteiger partial charge in [-0.15, -0.1) is 0 Å². The van der Waals surface area contributed by atoms with E-state index in [-0.39, 0.29) is 11.6 Å². The van der Waals surface area contributed by atoms with Crippen molar-refractivity contribution in [3.05, 3.63) is 58.1 Å². The van der Waals surface area contributed by atoms with Crippen molar-refractivity contribution >= 4 is 29.2 Å². The van der Waals surface area contributed by atoms with Crippen LogP contribution in [0.4, 0.5) is 0 Å². The van der Waals surface area contributed by atoms with Gasteiger partial charge in [0.2, 0.25) is 0 Å². The van der Waals surface area contributed by atoms with Gasteiger partial charge < -0.3 is 14.2 Å². The molecule has 0 aliphatic heterocycles. The molecule has 0 aliphatic carbocycles. The number of methoxy groups -OCH3 is 1. The maximum Gasteiger partial charge on any atom is 0.347 e. The molecule has 0 N–H and O–H groups in total. The van der Waals surface area contributed by atoms with Crippen molar-refractivity contribution in [1.29, 1.82) is 0 Å². The Bertz CT molecular complexity index is 688. The molecule has 1 atom stereocenters. The third kappa shape index (κ3) is 4.78. The highest BCUT2D eigenvalue weighted by molar-refractivity contribution is 6.42. The van der Waals surface area contributed by atoms with E-state index < -0.39 is 12.1 Å². The van der Waals surface area contributed by atoms with Crippen molar-refractivity contribution in [3.63, 3.8) is 0 Å². The van der Waals surface area contributed by atoms with E-state index in [4.69, 9.17) is 37.4 Å². The summed E-state index contributed by atoms with van der Waals surface area (Å²) in [7, 11) is 1.58. The molecular weight excluding hydrogens is 339 g/mol. The van der Waals surface area contributed by atoms with Crippen LogP contribution >= 0.6 is 23.2 Å². The Hall–Kier alpha value is -1.91. The molecule has 23 heavy (non-hydrogen) atoms. The largest absolute Gasteiger partial charge is 0.497 e. The average Bonchev–Trinajstić information content (AvgIpc) is 2.57. The number of ether oxygens (including phenoxy) is 3. The van der Waals surface area contributed by atoms with Gasteiger partial charge in [-0.2, -0.15) is 0 Å². The lowest BCUT2D eigenvalue weighted by Gasteiger charge is -2.15. The van der Waals surface area contributed by atoms with Crippen molar-refractivity contribution in [2.75, 3.05) is 7.11 Å². The Balaban J connectivity index is 1.93. The first-order chi connectivity index (χ1) is 11.0. The predicted molar refractivity (Wildman–Crippen MR) is 89.3 cm³/mol. The van der Waals surface area contributed by atoms with Crippen molar-refractivity contribution in [2.45, 2.75) is 19.6 Å². The van der Waals surface area contributed by atoms with Crippen LogP contribution in [-0.2, 0) is 16.1 Å². The quantitative estimate of drug-likeness (QED) is 0.715. The average molecular weight is 355 g/mol. The molecule has 122 valence electrons. The summed E-state index contributed by atoms with van der Waals surface area (Å²) in [5.41, 5.74) is 0.825. The molecule has 2 aromatic rings. The SMILES string of the molecule is COc1cccc(COC(=O)C(C)Oc2cccc(Cl)c2Cl)c1. The summed E-state index contributed by atoms with van der Waals surface area (Å²) < 4.78 is 15.9. The van der Waals surface area contributed by atoms with Crippen molar-refractivity contribution in [2.24, 2.45) is 0 Å². The lowest BCUT2D eigenvalue weighted by atomic mass is 10.2. The Morgan fingerprint density at radius 2 is 1.91 bits per heavy atom. The topological polar surface area (TPSA) is 44.8 Å². The van der Waals surface area contributed by atoms with E-state index in [1.807, 2.05) is 18.2 Å². The monoisotopic (exact) mass is 354 g/mol. The van der Waals surface area contributed by atoms with Gasteiger partial charge in [0.1, 0.15) is 23.1 Å². The molecule has 0 heterocycles. The Morgan fingerprint density at radius 1 is 1.17 bits per heavy atom. The third-order valence-electron chi connectivity index (χ3n) is 3.07. The van der Waals surface area contributed by atoms with E-state index in [2.05, 4.69) is 0 Å². The van der Waals surface area contributed by atoms with E-state index in [9.17, 15) is 4.79 Å². The second-order valence-electron chi connectivity index (χ2n) is 4.77. The van der Waals surface area contributed by atoms with Crippen LogP contribution in [0.1, 0.15) is 12.5 Å². The highest BCUT2D eigenvalue weighted by Crippen LogP contribution is 2.32. The molecule has 0 amide bonds. The van der Waals surface area contributed by atoms with Gasteiger partial charge in [0.05, 0.1) is 12.1 Å². The van der Waals surface area contributed by atoms with Gasteiger partial charge in [-0.05, 0) is 36.8 Å².